The van der Waals surface area contributed by atoms with Gasteiger partial charge in [-0.25, -0.2) is 0 Å². The number of halogens is 6. The summed E-state index contributed by atoms with van der Waals surface area (Å²) in [5.41, 5.74) is 0. The van der Waals surface area contributed by atoms with Gasteiger partial charge in [0.1, 0.15) is 0 Å². The van der Waals surface area contributed by atoms with Crippen molar-refractivity contribution in [2.45, 2.75) is 0 Å². The Morgan fingerprint density at radius 2 is 0.333 bits per heavy atom. The average molecular weight is 443 g/mol. The Bertz CT molecular complexity index is 11.0. The van der Waals surface area contributed by atoms with E-state index in [0.717, 1.165) is 0 Å². The minimum absolute atomic E-state index is 0. The van der Waals surface area contributed by atoms with Crippen molar-refractivity contribution >= 4 is 0 Å². The van der Waals surface area contributed by atoms with Crippen LogP contribution in [0, 0.1) is 0 Å². The van der Waals surface area contributed by atoms with Gasteiger partial charge in [-0.3, -0.25) is 0 Å². The van der Waals surface area contributed by atoms with Gasteiger partial charge in [0.05, 0.1) is 0 Å². The predicted molar refractivity (Wildman–Crippen MR) is 0 cm³/mol. The van der Waals surface area contributed by atoms with E-state index in [1.807, 2.05) is 0 Å². The first kappa shape index (κ1) is 106. The van der Waals surface area contributed by atoms with E-state index in [4.69, 9.17) is 0 Å². The monoisotopic (exact) mass is 440 g/mol. The van der Waals surface area contributed by atoms with Crippen LogP contribution in [-0.2, 0) is 21.1 Å². The molecule has 0 N–H and O–H groups in total. The predicted octanol–water partition coefficient (Wildman–Crippen LogP) is -24.0. The van der Waals surface area contributed by atoms with Gasteiger partial charge < -0.3 is 74.4 Å². The fourth-order valence-electron chi connectivity index (χ4n) is 0. The Kier molecular flexibility index (Phi) is 973. The maximum Gasteiger partial charge on any atom is 4.00 e. The van der Waals surface area contributed by atoms with Gasteiger partial charge in [0.2, 0.25) is 0 Å². The van der Waals surface area contributed by atoms with Crippen LogP contribution in [-0.4, -0.2) is 0 Å². The molecule has 0 aliphatic carbocycles. The second kappa shape index (κ2) is 82.8. The first-order valence-electron chi connectivity index (χ1n) is 0. The van der Waals surface area contributed by atoms with Gasteiger partial charge in [-0.15, -0.1) is 0 Å². The minimum Gasteiger partial charge on any atom is -1.00 e. The molecular formula is Cl6Na2W. The van der Waals surface area contributed by atoms with Crippen LogP contribution < -0.4 is 134 Å². The van der Waals surface area contributed by atoms with Gasteiger partial charge in [0.15, 0.2) is 0 Å². The molecule has 0 aromatic rings. The van der Waals surface area contributed by atoms with E-state index in [1.54, 1.807) is 0 Å². The molecule has 0 heterocycles. The van der Waals surface area contributed by atoms with Crippen molar-refractivity contribution in [1.29, 1.82) is 0 Å². The van der Waals surface area contributed by atoms with Crippen molar-refractivity contribution in [1.82, 2.24) is 0 Å². The van der Waals surface area contributed by atoms with Crippen LogP contribution >= 0.6 is 0 Å². The maximum atomic E-state index is 0. The third kappa shape index (κ3) is 68.9. The van der Waals surface area contributed by atoms with Gasteiger partial charge in [0, 0.05) is 0 Å². The Morgan fingerprint density at radius 1 is 0.333 bits per heavy atom. The zero-order chi connectivity index (χ0) is 0. The van der Waals surface area contributed by atoms with E-state index in [-0.39, 0.29) is 155 Å². The molecule has 0 nitrogen and oxygen atoms in total. The maximum absolute atomic E-state index is 0. The number of hydrogen-bond donors (Lipinski definition) is 0. The molecule has 0 amide bonds. The van der Waals surface area contributed by atoms with E-state index in [2.05, 4.69) is 0 Å². The molecule has 0 aromatic heterocycles. The van der Waals surface area contributed by atoms with Crippen molar-refractivity contribution in [3.05, 3.63) is 0 Å². The quantitative estimate of drug-likeness (QED) is 0.327. The molecule has 0 spiro atoms. The number of hydrogen-bond acceptors (Lipinski definition) is 0. The molecule has 0 atom stereocenters. The van der Waals surface area contributed by atoms with Crippen LogP contribution in [0.5, 0.6) is 0 Å². The Labute approximate surface area is 152 Å². The van der Waals surface area contributed by atoms with Gasteiger partial charge in [-0.05, 0) is 0 Å². The molecule has 0 rings (SSSR count). The van der Waals surface area contributed by atoms with Crippen LogP contribution in [0.25, 0.3) is 0 Å². The molecule has 0 aromatic carbocycles. The summed E-state index contributed by atoms with van der Waals surface area (Å²) in [6.45, 7) is 0. The third-order valence-corrected chi connectivity index (χ3v) is 0. The summed E-state index contributed by atoms with van der Waals surface area (Å²) in [4.78, 5) is 0. The van der Waals surface area contributed by atoms with Gasteiger partial charge in [-0.1, -0.05) is 0 Å². The fourth-order valence-corrected chi connectivity index (χ4v) is 0. The zero-order valence-corrected chi connectivity index (χ0v) is 16.1. The second-order valence-electron chi connectivity index (χ2n) is 0. The SMILES string of the molecule is [Cl-].[Cl-].[Cl-].[Cl-].[Cl-].[Cl-].[Na+].[Na+].[W+4]. The van der Waals surface area contributed by atoms with E-state index in [9.17, 15) is 0 Å². The summed E-state index contributed by atoms with van der Waals surface area (Å²) >= 11 is 0. The summed E-state index contributed by atoms with van der Waals surface area (Å²) in [6.07, 6.45) is 0. The zero-order valence-electron chi connectivity index (χ0n) is 4.68. The molecule has 0 aliphatic heterocycles. The smallest absolute Gasteiger partial charge is 1.00 e. The topological polar surface area (TPSA) is 0 Å². The molecule has 0 unspecified atom stereocenters. The van der Waals surface area contributed by atoms with Gasteiger partial charge >= 0.3 is 80.2 Å². The molecule has 0 saturated heterocycles. The van der Waals surface area contributed by atoms with E-state index >= 15 is 0 Å². The molecular weight excluding hydrogens is 443 g/mol. The van der Waals surface area contributed by atoms with Crippen LogP contribution in [0.1, 0.15) is 0 Å². The summed E-state index contributed by atoms with van der Waals surface area (Å²) in [7, 11) is 0. The Balaban J connectivity index is 0. The largest absolute Gasteiger partial charge is 4.00 e. The molecule has 0 bridgehead atoms. The normalized spacial score (nSPS) is 0. The summed E-state index contributed by atoms with van der Waals surface area (Å²) in [5, 5.41) is 0. The Hall–Kier alpha value is 4.43. The van der Waals surface area contributed by atoms with Crippen LogP contribution in [0.3, 0.4) is 0 Å². The fraction of sp³-hybridized carbons (Fsp3) is 0. The van der Waals surface area contributed by atoms with Crippen LogP contribution in [0.15, 0.2) is 0 Å². The molecule has 0 saturated carbocycles. The van der Waals surface area contributed by atoms with Crippen molar-refractivity contribution in [2.75, 3.05) is 0 Å². The average Bonchev–Trinajstić information content (AvgIpc) is 0. The van der Waals surface area contributed by atoms with Crippen LogP contribution in [0.4, 0.5) is 0 Å². The van der Waals surface area contributed by atoms with Crippen molar-refractivity contribution in [3.8, 4) is 0 Å². The van der Waals surface area contributed by atoms with Crippen molar-refractivity contribution in [2.24, 2.45) is 0 Å². The second-order valence-corrected chi connectivity index (χ2v) is 0. The van der Waals surface area contributed by atoms with Crippen molar-refractivity contribution < 1.29 is 155 Å². The molecule has 50 valence electrons. The summed E-state index contributed by atoms with van der Waals surface area (Å²) in [5.74, 6) is 0. The molecule has 0 radical (unpaired) electrons. The van der Waals surface area contributed by atoms with Gasteiger partial charge in [0.25, 0.3) is 0 Å². The van der Waals surface area contributed by atoms with Gasteiger partial charge in [-0.2, -0.15) is 0 Å². The minimum atomic E-state index is 0. The molecule has 9 heteroatoms. The first-order valence-corrected chi connectivity index (χ1v) is 0. The molecule has 9 heavy (non-hydrogen) atoms. The van der Waals surface area contributed by atoms with Crippen molar-refractivity contribution in [3.63, 3.8) is 0 Å². The standard InChI is InChI=1S/6ClH.2Na.W/h6*1H;;;/q;;;;;;2*+1;+4/p-6. The first-order chi connectivity index (χ1) is 0. The summed E-state index contributed by atoms with van der Waals surface area (Å²) < 4.78 is 0. The molecule has 0 aliphatic rings. The summed E-state index contributed by atoms with van der Waals surface area (Å²) in [6, 6.07) is 0. The number of rotatable bonds is 0. The van der Waals surface area contributed by atoms with Crippen LogP contribution in [0.2, 0.25) is 0 Å². The Morgan fingerprint density at radius 3 is 0.333 bits per heavy atom. The molecule has 0 fully saturated rings. The van der Waals surface area contributed by atoms with E-state index in [1.165, 1.54) is 0 Å². The van der Waals surface area contributed by atoms with E-state index < -0.39 is 0 Å². The third-order valence-electron chi connectivity index (χ3n) is 0. The van der Waals surface area contributed by atoms with E-state index in [0.29, 0.717) is 0 Å².